The second kappa shape index (κ2) is 11.6. The fourth-order valence-corrected chi connectivity index (χ4v) is 5.36. The maximum absolute atomic E-state index is 11.9. The number of aliphatic carboxylic acids is 1. The zero-order valence-electron chi connectivity index (χ0n) is 21.8. The average molecular weight is 512 g/mol. The second-order valence-corrected chi connectivity index (χ2v) is 9.71. The molecule has 6 nitrogen and oxygen atoms in total. The van der Waals surface area contributed by atoms with E-state index in [1.54, 1.807) is 14.2 Å². The lowest BCUT2D eigenvalue weighted by molar-refractivity contribution is -0.143. The number of nitrogens with zero attached hydrogens (tertiary/aromatic N) is 1. The van der Waals surface area contributed by atoms with Crippen molar-refractivity contribution in [1.29, 1.82) is 0 Å². The Hall–Kier alpha value is -4.03. The molecular weight excluding hydrogens is 478 g/mol. The van der Waals surface area contributed by atoms with E-state index in [1.807, 2.05) is 54.6 Å². The summed E-state index contributed by atoms with van der Waals surface area (Å²) in [5, 5.41) is 12.1. The number of hydrogen-bond donors (Lipinski definition) is 1. The van der Waals surface area contributed by atoms with Crippen LogP contribution in [0.3, 0.4) is 0 Å². The molecule has 2 atom stereocenters. The number of hydrogen-bond acceptors (Lipinski definition) is 5. The van der Waals surface area contributed by atoms with Gasteiger partial charge in [-0.2, -0.15) is 0 Å². The van der Waals surface area contributed by atoms with Crippen LogP contribution in [-0.4, -0.2) is 43.3 Å². The molecule has 0 bridgehead atoms. The lowest BCUT2D eigenvalue weighted by Gasteiger charge is -2.38. The fraction of sp³-hybridized carbons (Fsp3) is 0.281. The van der Waals surface area contributed by atoms with E-state index in [-0.39, 0.29) is 6.04 Å². The van der Waals surface area contributed by atoms with Gasteiger partial charge in [0, 0.05) is 6.54 Å². The highest BCUT2D eigenvalue weighted by molar-refractivity contribution is 5.83. The number of fused-ring (bicyclic) bond motifs is 1. The molecule has 1 N–H and O–H groups in total. The van der Waals surface area contributed by atoms with E-state index in [9.17, 15) is 9.90 Å². The molecule has 5 rings (SSSR count). The summed E-state index contributed by atoms with van der Waals surface area (Å²) in [6, 6.07) is 28.5. The number of methoxy groups -OCH3 is 2. The Balaban J connectivity index is 1.57. The quantitative estimate of drug-likeness (QED) is 0.284. The highest BCUT2D eigenvalue weighted by atomic mass is 16.5. The first-order valence-electron chi connectivity index (χ1n) is 13.0. The van der Waals surface area contributed by atoms with Gasteiger partial charge in [-0.05, 0) is 65.0 Å². The Bertz CT molecular complexity index is 1380. The first-order chi connectivity index (χ1) is 18.6. The van der Waals surface area contributed by atoms with Gasteiger partial charge in [0.2, 0.25) is 5.75 Å². The van der Waals surface area contributed by atoms with Gasteiger partial charge < -0.3 is 19.3 Å². The molecule has 1 aliphatic rings. The molecule has 1 heterocycles. The first kappa shape index (κ1) is 25.6. The van der Waals surface area contributed by atoms with Crippen LogP contribution in [0.25, 0.3) is 10.8 Å². The van der Waals surface area contributed by atoms with E-state index in [2.05, 4.69) is 35.2 Å². The summed E-state index contributed by atoms with van der Waals surface area (Å²) in [5.74, 6) is 0.554. The highest BCUT2D eigenvalue weighted by Crippen LogP contribution is 2.44. The predicted octanol–water partition coefficient (Wildman–Crippen LogP) is 6.32. The molecule has 4 aromatic carbocycles. The number of ether oxygens (including phenoxy) is 3. The molecule has 38 heavy (non-hydrogen) atoms. The van der Waals surface area contributed by atoms with Crippen LogP contribution >= 0.6 is 0 Å². The third kappa shape index (κ3) is 5.46. The molecule has 0 aromatic heterocycles. The SMILES string of the molecule is COc1cc(C(c2ccc3ccccc3c2)N2CCCC(C(=O)O)C2)cc(OC)c1OCc1ccccc1. The number of carbonyl (C=O) groups is 1. The summed E-state index contributed by atoms with van der Waals surface area (Å²) >= 11 is 0. The van der Waals surface area contributed by atoms with Crippen LogP contribution in [0.15, 0.2) is 84.9 Å². The van der Waals surface area contributed by atoms with Crippen molar-refractivity contribution in [2.45, 2.75) is 25.5 Å². The number of carboxylic acid groups (broad SMARTS) is 1. The summed E-state index contributed by atoms with van der Waals surface area (Å²) in [6.07, 6.45) is 1.52. The number of carboxylic acids is 1. The van der Waals surface area contributed by atoms with Gasteiger partial charge in [0.15, 0.2) is 11.5 Å². The summed E-state index contributed by atoms with van der Waals surface area (Å²) in [4.78, 5) is 14.2. The van der Waals surface area contributed by atoms with Gasteiger partial charge in [0.1, 0.15) is 6.61 Å². The van der Waals surface area contributed by atoms with E-state index in [0.717, 1.165) is 40.4 Å². The van der Waals surface area contributed by atoms with Gasteiger partial charge in [-0.25, -0.2) is 0 Å². The zero-order chi connectivity index (χ0) is 26.5. The van der Waals surface area contributed by atoms with Gasteiger partial charge >= 0.3 is 5.97 Å². The standard InChI is InChI=1S/C32H33NO5/c1-36-28-18-27(19-29(37-2)31(28)38-21-22-9-4-3-5-10-22)30(33-16-8-13-26(20-33)32(34)35)25-15-14-23-11-6-7-12-24(23)17-25/h3-7,9-12,14-15,17-19,26,30H,8,13,16,20-21H2,1-2H3,(H,34,35). The maximum Gasteiger partial charge on any atom is 0.307 e. The molecule has 6 heteroatoms. The van der Waals surface area contributed by atoms with Crippen molar-refractivity contribution in [2.24, 2.45) is 5.92 Å². The third-order valence-corrected chi connectivity index (χ3v) is 7.28. The number of rotatable bonds is 9. The summed E-state index contributed by atoms with van der Waals surface area (Å²) < 4.78 is 17.8. The minimum Gasteiger partial charge on any atom is -0.493 e. The topological polar surface area (TPSA) is 68.2 Å². The molecule has 0 amide bonds. The van der Waals surface area contributed by atoms with Crippen LogP contribution < -0.4 is 14.2 Å². The van der Waals surface area contributed by atoms with Crippen LogP contribution in [-0.2, 0) is 11.4 Å². The van der Waals surface area contributed by atoms with E-state index in [1.165, 1.54) is 0 Å². The monoisotopic (exact) mass is 511 g/mol. The largest absolute Gasteiger partial charge is 0.493 e. The highest BCUT2D eigenvalue weighted by Gasteiger charge is 2.32. The lowest BCUT2D eigenvalue weighted by Crippen LogP contribution is -2.41. The van der Waals surface area contributed by atoms with E-state index >= 15 is 0 Å². The van der Waals surface area contributed by atoms with E-state index in [0.29, 0.717) is 36.8 Å². The second-order valence-electron chi connectivity index (χ2n) is 9.71. The number of benzene rings is 4. The molecule has 1 saturated heterocycles. The first-order valence-corrected chi connectivity index (χ1v) is 13.0. The molecule has 196 valence electrons. The molecule has 0 radical (unpaired) electrons. The molecule has 0 aliphatic carbocycles. The zero-order valence-corrected chi connectivity index (χ0v) is 21.8. The van der Waals surface area contributed by atoms with Gasteiger partial charge in [-0.3, -0.25) is 9.69 Å². The Morgan fingerprint density at radius 1 is 0.895 bits per heavy atom. The van der Waals surface area contributed by atoms with E-state index < -0.39 is 11.9 Å². The van der Waals surface area contributed by atoms with Crippen LogP contribution in [0, 0.1) is 5.92 Å². The smallest absolute Gasteiger partial charge is 0.307 e. The summed E-state index contributed by atoms with van der Waals surface area (Å²) in [5.41, 5.74) is 3.10. The Kier molecular flexibility index (Phi) is 7.80. The van der Waals surface area contributed by atoms with Crippen molar-refractivity contribution in [1.82, 2.24) is 4.90 Å². The van der Waals surface area contributed by atoms with Crippen molar-refractivity contribution in [2.75, 3.05) is 27.3 Å². The molecular formula is C32H33NO5. The molecule has 2 unspecified atom stereocenters. The summed E-state index contributed by atoms with van der Waals surface area (Å²) in [7, 11) is 3.25. The van der Waals surface area contributed by atoms with Crippen molar-refractivity contribution < 1.29 is 24.1 Å². The van der Waals surface area contributed by atoms with Gasteiger partial charge in [0.25, 0.3) is 0 Å². The van der Waals surface area contributed by atoms with Gasteiger partial charge in [-0.15, -0.1) is 0 Å². The predicted molar refractivity (Wildman–Crippen MR) is 148 cm³/mol. The van der Waals surface area contributed by atoms with Gasteiger partial charge in [0.05, 0.1) is 26.2 Å². The fourth-order valence-electron chi connectivity index (χ4n) is 5.36. The normalized spacial score (nSPS) is 16.6. The Morgan fingerprint density at radius 2 is 1.58 bits per heavy atom. The lowest BCUT2D eigenvalue weighted by atomic mass is 9.90. The van der Waals surface area contributed by atoms with Gasteiger partial charge in [-0.1, -0.05) is 66.7 Å². The number of piperidine rings is 1. The van der Waals surface area contributed by atoms with Crippen LogP contribution in [0.1, 0.15) is 35.6 Å². The Labute approximate surface area is 223 Å². The van der Waals surface area contributed by atoms with Crippen molar-refractivity contribution >= 4 is 16.7 Å². The van der Waals surface area contributed by atoms with Crippen LogP contribution in [0.5, 0.6) is 17.2 Å². The van der Waals surface area contributed by atoms with E-state index in [4.69, 9.17) is 14.2 Å². The minimum atomic E-state index is -0.744. The summed E-state index contributed by atoms with van der Waals surface area (Å²) in [6.45, 7) is 1.66. The average Bonchev–Trinajstić information content (AvgIpc) is 2.96. The molecule has 4 aromatic rings. The third-order valence-electron chi connectivity index (χ3n) is 7.28. The molecule has 0 saturated carbocycles. The minimum absolute atomic E-state index is 0.173. The molecule has 0 spiro atoms. The van der Waals surface area contributed by atoms with Crippen LogP contribution in [0.2, 0.25) is 0 Å². The number of likely N-dealkylation sites (tertiary alicyclic amines) is 1. The van der Waals surface area contributed by atoms with Crippen molar-refractivity contribution in [3.05, 3.63) is 102 Å². The van der Waals surface area contributed by atoms with Crippen molar-refractivity contribution in [3.63, 3.8) is 0 Å². The molecule has 1 fully saturated rings. The molecule has 1 aliphatic heterocycles. The van der Waals surface area contributed by atoms with Crippen molar-refractivity contribution in [3.8, 4) is 17.2 Å². The Morgan fingerprint density at radius 3 is 2.26 bits per heavy atom. The van der Waals surface area contributed by atoms with Crippen LogP contribution in [0.4, 0.5) is 0 Å². The maximum atomic E-state index is 11.9.